The second-order valence-corrected chi connectivity index (χ2v) is 8.17. The van der Waals surface area contributed by atoms with Crippen LogP contribution in [-0.4, -0.2) is 43.1 Å². The van der Waals surface area contributed by atoms with Gasteiger partial charge in [0.15, 0.2) is 0 Å². The molecule has 1 aromatic rings. The third-order valence-corrected chi connectivity index (χ3v) is 5.50. The van der Waals surface area contributed by atoms with Gasteiger partial charge in [-0.1, -0.05) is 6.92 Å². The average Bonchev–Trinajstić information content (AvgIpc) is 3.34. The van der Waals surface area contributed by atoms with Gasteiger partial charge in [-0.25, -0.2) is 18.5 Å². The number of anilines is 1. The highest BCUT2D eigenvalue weighted by Crippen LogP contribution is 2.34. The number of rotatable bonds is 6. The largest absolute Gasteiger partial charge is 0.327 e. The Labute approximate surface area is 152 Å². The number of hydrogen-bond acceptors (Lipinski definition) is 5. The van der Waals surface area contributed by atoms with E-state index in [9.17, 15) is 22.8 Å². The molecule has 2 fully saturated rings. The molecule has 0 radical (unpaired) electrons. The van der Waals surface area contributed by atoms with Crippen molar-refractivity contribution in [1.82, 2.24) is 4.90 Å². The number of sulfonamides is 1. The van der Waals surface area contributed by atoms with Crippen molar-refractivity contribution in [2.24, 2.45) is 5.14 Å². The fraction of sp³-hybridized carbons (Fsp3) is 0.471. The highest BCUT2D eigenvalue weighted by molar-refractivity contribution is 7.89. The molecule has 0 aromatic heterocycles. The lowest BCUT2D eigenvalue weighted by Crippen LogP contribution is -2.46. The van der Waals surface area contributed by atoms with Crippen molar-refractivity contribution < 1.29 is 22.8 Å². The second kappa shape index (κ2) is 6.81. The summed E-state index contributed by atoms with van der Waals surface area (Å²) < 4.78 is 22.7. The van der Waals surface area contributed by atoms with Gasteiger partial charge in [0.25, 0.3) is 5.91 Å². The molecule has 1 heterocycles. The standard InChI is InChI=1S/C17H21N3O5S/c1-2-3-15(21)19(11-4-5-11)14-10-16(22)20(17(14)23)12-6-8-13(9-7-12)26(18,24)25/h6-9,11,14H,2-5,10H2,1H3,(H2,18,24,25). The monoisotopic (exact) mass is 379 g/mol. The van der Waals surface area contributed by atoms with E-state index >= 15 is 0 Å². The molecule has 140 valence electrons. The molecule has 0 spiro atoms. The summed E-state index contributed by atoms with van der Waals surface area (Å²) >= 11 is 0. The minimum absolute atomic E-state index is 0.0282. The van der Waals surface area contributed by atoms with E-state index in [1.54, 1.807) is 4.90 Å². The Kier molecular flexibility index (Phi) is 4.85. The number of carbonyl (C=O) groups excluding carboxylic acids is 3. The number of imide groups is 1. The molecular formula is C17H21N3O5S. The van der Waals surface area contributed by atoms with E-state index in [0.717, 1.165) is 17.7 Å². The first-order valence-electron chi connectivity index (χ1n) is 8.55. The molecule has 1 aliphatic heterocycles. The Balaban J connectivity index is 1.85. The van der Waals surface area contributed by atoms with Crippen LogP contribution in [0.1, 0.15) is 39.0 Å². The highest BCUT2D eigenvalue weighted by atomic mass is 32.2. The van der Waals surface area contributed by atoms with E-state index in [4.69, 9.17) is 5.14 Å². The average molecular weight is 379 g/mol. The van der Waals surface area contributed by atoms with Crippen molar-refractivity contribution in [2.45, 2.75) is 56.0 Å². The molecule has 1 aromatic carbocycles. The summed E-state index contributed by atoms with van der Waals surface area (Å²) in [5.41, 5.74) is 0.272. The van der Waals surface area contributed by atoms with Crippen molar-refractivity contribution >= 4 is 33.4 Å². The van der Waals surface area contributed by atoms with E-state index in [-0.39, 0.29) is 29.0 Å². The topological polar surface area (TPSA) is 118 Å². The Morgan fingerprint density at radius 1 is 1.23 bits per heavy atom. The molecule has 1 saturated carbocycles. The van der Waals surface area contributed by atoms with Crippen LogP contribution in [0.15, 0.2) is 29.2 Å². The molecule has 8 nitrogen and oxygen atoms in total. The number of nitrogens with zero attached hydrogens (tertiary/aromatic N) is 2. The number of hydrogen-bond donors (Lipinski definition) is 1. The van der Waals surface area contributed by atoms with Crippen molar-refractivity contribution in [3.8, 4) is 0 Å². The van der Waals surface area contributed by atoms with Crippen LogP contribution in [0.25, 0.3) is 0 Å². The quantitative estimate of drug-likeness (QED) is 0.732. The summed E-state index contributed by atoms with van der Waals surface area (Å²) in [5, 5.41) is 5.06. The van der Waals surface area contributed by atoms with Crippen LogP contribution in [0.4, 0.5) is 5.69 Å². The first kappa shape index (κ1) is 18.5. The summed E-state index contributed by atoms with van der Waals surface area (Å²) in [4.78, 5) is 40.2. The van der Waals surface area contributed by atoms with Crippen LogP contribution in [-0.2, 0) is 24.4 Å². The van der Waals surface area contributed by atoms with E-state index in [2.05, 4.69) is 0 Å². The summed E-state index contributed by atoms with van der Waals surface area (Å²) in [7, 11) is -3.86. The van der Waals surface area contributed by atoms with Crippen LogP contribution in [0.5, 0.6) is 0 Å². The summed E-state index contributed by atoms with van der Waals surface area (Å²) in [6.45, 7) is 1.89. The summed E-state index contributed by atoms with van der Waals surface area (Å²) in [6, 6.07) is 4.48. The molecular weight excluding hydrogens is 358 g/mol. The Hall–Kier alpha value is -2.26. The van der Waals surface area contributed by atoms with Gasteiger partial charge in [0.1, 0.15) is 6.04 Å². The zero-order valence-electron chi connectivity index (χ0n) is 14.4. The number of carbonyl (C=O) groups is 3. The smallest absolute Gasteiger partial charge is 0.257 e. The molecule has 0 bridgehead atoms. The molecule has 1 atom stereocenters. The van der Waals surface area contributed by atoms with Crippen molar-refractivity contribution in [3.63, 3.8) is 0 Å². The molecule has 3 rings (SSSR count). The van der Waals surface area contributed by atoms with Crippen LogP contribution >= 0.6 is 0 Å². The Morgan fingerprint density at radius 3 is 2.35 bits per heavy atom. The van der Waals surface area contributed by atoms with Crippen LogP contribution < -0.4 is 10.0 Å². The summed E-state index contributed by atoms with van der Waals surface area (Å²) in [5.74, 6) is -0.958. The molecule has 1 aliphatic carbocycles. The third kappa shape index (κ3) is 3.49. The first-order chi connectivity index (χ1) is 12.2. The number of amides is 3. The fourth-order valence-electron chi connectivity index (χ4n) is 3.22. The van der Waals surface area contributed by atoms with Crippen LogP contribution in [0, 0.1) is 0 Å². The summed E-state index contributed by atoms with van der Waals surface area (Å²) in [6.07, 6.45) is 2.65. The zero-order valence-corrected chi connectivity index (χ0v) is 15.2. The lowest BCUT2D eigenvalue weighted by Gasteiger charge is -2.27. The van der Waals surface area contributed by atoms with Gasteiger partial charge in [-0.3, -0.25) is 14.4 Å². The highest BCUT2D eigenvalue weighted by Gasteiger charge is 2.48. The SMILES string of the molecule is CCCC(=O)N(C1CC1)C1CC(=O)N(c2ccc(S(N)(=O)=O)cc2)C1=O. The molecule has 3 amide bonds. The number of primary sulfonamides is 1. The Bertz CT molecular complexity index is 846. The predicted molar refractivity (Wildman–Crippen MR) is 93.5 cm³/mol. The lowest BCUT2D eigenvalue weighted by atomic mass is 10.1. The molecule has 2 aliphatic rings. The van der Waals surface area contributed by atoms with Gasteiger partial charge in [-0.2, -0.15) is 0 Å². The minimum atomic E-state index is -3.86. The van der Waals surface area contributed by atoms with E-state index < -0.39 is 27.9 Å². The van der Waals surface area contributed by atoms with Gasteiger partial charge in [0, 0.05) is 12.5 Å². The number of benzene rings is 1. The fourth-order valence-corrected chi connectivity index (χ4v) is 3.73. The van der Waals surface area contributed by atoms with Crippen LogP contribution in [0.3, 0.4) is 0 Å². The predicted octanol–water partition coefficient (Wildman–Crippen LogP) is 0.757. The molecule has 1 saturated heterocycles. The van der Waals surface area contributed by atoms with Crippen LogP contribution in [0.2, 0.25) is 0 Å². The van der Waals surface area contributed by atoms with Crippen molar-refractivity contribution in [2.75, 3.05) is 4.90 Å². The molecule has 1 unspecified atom stereocenters. The van der Waals surface area contributed by atoms with E-state index in [1.807, 2.05) is 6.92 Å². The maximum absolute atomic E-state index is 12.8. The molecule has 26 heavy (non-hydrogen) atoms. The maximum Gasteiger partial charge on any atom is 0.257 e. The maximum atomic E-state index is 12.8. The molecule has 9 heteroatoms. The normalized spacial score (nSPS) is 20.5. The number of nitrogens with two attached hydrogens (primary N) is 1. The lowest BCUT2D eigenvalue weighted by molar-refractivity contribution is -0.139. The van der Waals surface area contributed by atoms with E-state index in [0.29, 0.717) is 12.8 Å². The van der Waals surface area contributed by atoms with E-state index in [1.165, 1.54) is 24.3 Å². The van der Waals surface area contributed by atoms with Crippen molar-refractivity contribution in [3.05, 3.63) is 24.3 Å². The Morgan fingerprint density at radius 2 is 1.85 bits per heavy atom. The molecule has 2 N–H and O–H groups in total. The van der Waals surface area contributed by atoms with Gasteiger partial charge in [0.05, 0.1) is 17.0 Å². The van der Waals surface area contributed by atoms with Gasteiger partial charge >= 0.3 is 0 Å². The van der Waals surface area contributed by atoms with Gasteiger partial charge in [-0.15, -0.1) is 0 Å². The third-order valence-electron chi connectivity index (χ3n) is 4.57. The van der Waals surface area contributed by atoms with Gasteiger partial charge in [-0.05, 0) is 43.5 Å². The van der Waals surface area contributed by atoms with Crippen molar-refractivity contribution in [1.29, 1.82) is 0 Å². The minimum Gasteiger partial charge on any atom is -0.327 e. The first-order valence-corrected chi connectivity index (χ1v) is 10.1. The zero-order chi connectivity index (χ0) is 19.1. The van der Waals surface area contributed by atoms with Gasteiger partial charge < -0.3 is 4.90 Å². The van der Waals surface area contributed by atoms with Gasteiger partial charge in [0.2, 0.25) is 21.8 Å². The second-order valence-electron chi connectivity index (χ2n) is 6.61.